The second-order valence-electron chi connectivity index (χ2n) is 5.42. The fraction of sp³-hybridized carbons (Fsp3) is 0.714. The first-order valence-electron chi connectivity index (χ1n) is 6.78. The highest BCUT2D eigenvalue weighted by atomic mass is 32.1. The van der Waals surface area contributed by atoms with E-state index in [0.717, 1.165) is 0 Å². The minimum Gasteiger partial charge on any atom is -0.329 e. The first kappa shape index (κ1) is 14.0. The molecule has 0 aliphatic carbocycles. The molecule has 2 heterocycles. The van der Waals surface area contributed by atoms with Crippen molar-refractivity contribution < 1.29 is 0 Å². The van der Waals surface area contributed by atoms with E-state index in [1.807, 2.05) is 11.3 Å². The second kappa shape index (κ2) is 6.15. The zero-order valence-corrected chi connectivity index (χ0v) is 12.5. The molecule has 1 saturated heterocycles. The van der Waals surface area contributed by atoms with Crippen LogP contribution in [0.15, 0.2) is 11.4 Å². The molecule has 1 aromatic rings. The van der Waals surface area contributed by atoms with Crippen molar-refractivity contribution in [3.63, 3.8) is 0 Å². The Kier molecular flexibility index (Phi) is 4.78. The quantitative estimate of drug-likeness (QED) is 0.906. The van der Waals surface area contributed by atoms with Gasteiger partial charge in [-0.05, 0) is 64.0 Å². The van der Waals surface area contributed by atoms with Crippen LogP contribution in [-0.4, -0.2) is 49.6 Å². The normalized spacial score (nSPS) is 20.5. The van der Waals surface area contributed by atoms with Gasteiger partial charge in [0.25, 0.3) is 0 Å². The molecule has 18 heavy (non-hydrogen) atoms. The van der Waals surface area contributed by atoms with Gasteiger partial charge in [0.05, 0.1) is 6.04 Å². The molecule has 0 bridgehead atoms. The van der Waals surface area contributed by atoms with Crippen molar-refractivity contribution in [2.75, 3.05) is 33.7 Å². The lowest BCUT2D eigenvalue weighted by Gasteiger charge is -2.39. The van der Waals surface area contributed by atoms with Gasteiger partial charge in [0.2, 0.25) is 0 Å². The molecule has 1 aliphatic heterocycles. The van der Waals surface area contributed by atoms with Crippen LogP contribution < -0.4 is 5.73 Å². The molecule has 1 unspecified atom stereocenters. The van der Waals surface area contributed by atoms with Crippen molar-refractivity contribution in [2.24, 2.45) is 5.73 Å². The highest BCUT2D eigenvalue weighted by molar-refractivity contribution is 7.10. The third-order valence-electron chi connectivity index (χ3n) is 4.18. The van der Waals surface area contributed by atoms with Gasteiger partial charge in [-0.3, -0.25) is 4.90 Å². The van der Waals surface area contributed by atoms with E-state index in [9.17, 15) is 0 Å². The van der Waals surface area contributed by atoms with Crippen LogP contribution in [0.5, 0.6) is 0 Å². The minimum atomic E-state index is 0.387. The van der Waals surface area contributed by atoms with E-state index < -0.39 is 0 Å². The molecule has 1 fully saturated rings. The third kappa shape index (κ3) is 2.94. The molecule has 0 aromatic carbocycles. The first-order valence-corrected chi connectivity index (χ1v) is 7.66. The lowest BCUT2D eigenvalue weighted by molar-refractivity contribution is 0.111. The summed E-state index contributed by atoms with van der Waals surface area (Å²) in [6.45, 7) is 5.31. The number of thiophene rings is 1. The van der Waals surface area contributed by atoms with E-state index in [0.29, 0.717) is 18.6 Å². The fourth-order valence-corrected chi connectivity index (χ4v) is 3.93. The minimum absolute atomic E-state index is 0.387. The van der Waals surface area contributed by atoms with Gasteiger partial charge >= 0.3 is 0 Å². The molecule has 4 heteroatoms. The van der Waals surface area contributed by atoms with Crippen LogP contribution >= 0.6 is 11.3 Å². The van der Waals surface area contributed by atoms with Crippen LogP contribution in [0.1, 0.15) is 29.3 Å². The Labute approximate surface area is 115 Å². The average Bonchev–Trinajstić information content (AvgIpc) is 2.78. The van der Waals surface area contributed by atoms with Crippen molar-refractivity contribution in [3.05, 3.63) is 21.9 Å². The Morgan fingerprint density at radius 3 is 2.67 bits per heavy atom. The molecule has 1 aliphatic rings. The van der Waals surface area contributed by atoms with Gasteiger partial charge in [-0.1, -0.05) is 0 Å². The molecule has 0 saturated carbocycles. The van der Waals surface area contributed by atoms with Crippen LogP contribution in [0.4, 0.5) is 0 Å². The summed E-state index contributed by atoms with van der Waals surface area (Å²) in [5.74, 6) is 0. The highest BCUT2D eigenvalue weighted by Crippen LogP contribution is 2.30. The van der Waals surface area contributed by atoms with Crippen LogP contribution in [-0.2, 0) is 0 Å². The molecule has 0 spiro atoms. The molecular formula is C14H25N3S. The number of likely N-dealkylation sites (tertiary alicyclic amines) is 1. The lowest BCUT2D eigenvalue weighted by Crippen LogP contribution is -2.44. The summed E-state index contributed by atoms with van der Waals surface area (Å²) < 4.78 is 0. The van der Waals surface area contributed by atoms with Gasteiger partial charge < -0.3 is 10.6 Å². The fourth-order valence-electron chi connectivity index (χ4n) is 2.84. The Balaban J connectivity index is 2.06. The maximum absolute atomic E-state index is 6.02. The van der Waals surface area contributed by atoms with Crippen molar-refractivity contribution >= 4 is 11.3 Å². The number of rotatable bonds is 4. The summed E-state index contributed by atoms with van der Waals surface area (Å²) in [6.07, 6.45) is 2.52. The number of likely N-dealkylation sites (N-methyl/N-ethyl adjacent to an activating group) is 1. The van der Waals surface area contributed by atoms with E-state index >= 15 is 0 Å². The molecule has 102 valence electrons. The monoisotopic (exact) mass is 267 g/mol. The van der Waals surface area contributed by atoms with Gasteiger partial charge in [-0.2, -0.15) is 0 Å². The van der Waals surface area contributed by atoms with Gasteiger partial charge in [0.15, 0.2) is 0 Å². The molecule has 0 radical (unpaired) electrons. The average molecular weight is 267 g/mol. The number of piperidine rings is 1. The lowest BCUT2D eigenvalue weighted by atomic mass is 10.0. The summed E-state index contributed by atoms with van der Waals surface area (Å²) in [6, 6.07) is 3.26. The van der Waals surface area contributed by atoms with Gasteiger partial charge in [-0.25, -0.2) is 0 Å². The smallest absolute Gasteiger partial charge is 0.0566 e. The van der Waals surface area contributed by atoms with Gasteiger partial charge in [0.1, 0.15) is 0 Å². The van der Waals surface area contributed by atoms with Gasteiger partial charge in [0, 0.05) is 17.5 Å². The number of hydrogen-bond acceptors (Lipinski definition) is 4. The van der Waals surface area contributed by atoms with Gasteiger partial charge in [-0.15, -0.1) is 11.3 Å². The Morgan fingerprint density at radius 2 is 2.17 bits per heavy atom. The summed E-state index contributed by atoms with van der Waals surface area (Å²) >= 11 is 1.84. The molecule has 2 rings (SSSR count). The van der Waals surface area contributed by atoms with E-state index in [-0.39, 0.29) is 0 Å². The summed E-state index contributed by atoms with van der Waals surface area (Å²) in [5, 5.41) is 2.18. The standard InChI is InChI=1S/C14H25N3S/c1-11-6-9-18-14(11)13(10-15)17(3)12-4-7-16(2)8-5-12/h6,9,12-13H,4-5,7-8,10,15H2,1-3H3. The van der Waals surface area contributed by atoms with Crippen LogP contribution in [0, 0.1) is 6.92 Å². The maximum Gasteiger partial charge on any atom is 0.0566 e. The predicted octanol–water partition coefficient (Wildman–Crippen LogP) is 2.08. The van der Waals surface area contributed by atoms with E-state index in [4.69, 9.17) is 5.73 Å². The Bertz CT molecular complexity index is 369. The van der Waals surface area contributed by atoms with Crippen molar-refractivity contribution in [3.8, 4) is 0 Å². The number of hydrogen-bond donors (Lipinski definition) is 1. The molecule has 1 aromatic heterocycles. The van der Waals surface area contributed by atoms with Crippen molar-refractivity contribution in [1.29, 1.82) is 0 Å². The van der Waals surface area contributed by atoms with E-state index in [1.54, 1.807) is 0 Å². The number of aryl methyl sites for hydroxylation is 1. The van der Waals surface area contributed by atoms with Crippen LogP contribution in [0.2, 0.25) is 0 Å². The summed E-state index contributed by atoms with van der Waals surface area (Å²) in [4.78, 5) is 6.36. The van der Waals surface area contributed by atoms with E-state index in [2.05, 4.69) is 42.3 Å². The highest BCUT2D eigenvalue weighted by Gasteiger charge is 2.27. The Morgan fingerprint density at radius 1 is 1.50 bits per heavy atom. The Hall–Kier alpha value is -0.420. The number of nitrogens with zero attached hydrogens (tertiary/aromatic N) is 2. The predicted molar refractivity (Wildman–Crippen MR) is 79.1 cm³/mol. The molecule has 0 amide bonds. The summed E-state index contributed by atoms with van der Waals surface area (Å²) in [7, 11) is 4.45. The molecule has 3 nitrogen and oxygen atoms in total. The van der Waals surface area contributed by atoms with Crippen molar-refractivity contribution in [2.45, 2.75) is 31.8 Å². The zero-order chi connectivity index (χ0) is 13.1. The second-order valence-corrected chi connectivity index (χ2v) is 6.37. The van der Waals surface area contributed by atoms with Crippen LogP contribution in [0.3, 0.4) is 0 Å². The van der Waals surface area contributed by atoms with Crippen molar-refractivity contribution in [1.82, 2.24) is 9.80 Å². The van der Waals surface area contributed by atoms with Crippen LogP contribution in [0.25, 0.3) is 0 Å². The first-order chi connectivity index (χ1) is 8.63. The third-order valence-corrected chi connectivity index (χ3v) is 5.30. The molecule has 1 atom stereocenters. The molecular weight excluding hydrogens is 242 g/mol. The SMILES string of the molecule is Cc1ccsc1C(CN)N(C)C1CCN(C)CC1. The zero-order valence-electron chi connectivity index (χ0n) is 11.7. The summed E-state index contributed by atoms with van der Waals surface area (Å²) in [5.41, 5.74) is 7.41. The maximum atomic E-state index is 6.02. The number of nitrogens with two attached hydrogens (primary N) is 1. The molecule has 2 N–H and O–H groups in total. The topological polar surface area (TPSA) is 32.5 Å². The largest absolute Gasteiger partial charge is 0.329 e. The van der Waals surface area contributed by atoms with E-state index in [1.165, 1.54) is 36.4 Å².